The molecule has 10 heteroatoms. The maximum atomic E-state index is 13.0. The van der Waals surface area contributed by atoms with Crippen LogP contribution in [-0.4, -0.2) is 23.1 Å². The highest BCUT2D eigenvalue weighted by molar-refractivity contribution is 7.83. The van der Waals surface area contributed by atoms with Crippen molar-refractivity contribution in [2.45, 2.75) is 4.90 Å². The summed E-state index contributed by atoms with van der Waals surface area (Å²) in [4.78, 5) is 14.4. The van der Waals surface area contributed by atoms with Crippen LogP contribution in [0, 0.1) is 0 Å². The van der Waals surface area contributed by atoms with E-state index in [1.165, 1.54) is 11.3 Å². The SMILES string of the molecule is Nc1cccc(Nc2nc(Oc3cnc4c(ccn4S(=O)c4ccccc4)c3)c3sccc3n2)c1. The number of pyridine rings is 1. The lowest BCUT2D eigenvalue weighted by molar-refractivity contribution is 0.468. The molecule has 8 nitrogen and oxygen atoms in total. The van der Waals surface area contributed by atoms with Crippen LogP contribution in [0.3, 0.4) is 0 Å². The molecule has 0 aliphatic carbocycles. The first-order valence-corrected chi connectivity index (χ1v) is 12.6. The third-order valence-electron chi connectivity index (χ3n) is 5.22. The van der Waals surface area contributed by atoms with E-state index in [2.05, 4.69) is 20.3 Å². The van der Waals surface area contributed by atoms with E-state index >= 15 is 0 Å². The fourth-order valence-electron chi connectivity index (χ4n) is 3.64. The van der Waals surface area contributed by atoms with Crippen LogP contribution in [0.2, 0.25) is 0 Å². The van der Waals surface area contributed by atoms with Crippen molar-refractivity contribution in [3.8, 4) is 11.6 Å². The predicted molar refractivity (Wildman–Crippen MR) is 140 cm³/mol. The standard InChI is InChI=1S/C25H18N6O2S2/c26-17-5-4-6-18(14-17)28-25-29-21-10-12-34-22(21)24(30-25)33-19-13-16-9-11-31(23(16)27-15-19)35(32)20-7-2-1-3-8-20/h1-15H,26H2,(H,28,29,30). The summed E-state index contributed by atoms with van der Waals surface area (Å²) in [6.07, 6.45) is 3.37. The molecule has 4 aromatic heterocycles. The van der Waals surface area contributed by atoms with E-state index in [9.17, 15) is 4.21 Å². The van der Waals surface area contributed by atoms with Gasteiger partial charge in [0.2, 0.25) is 11.8 Å². The maximum Gasteiger partial charge on any atom is 0.242 e. The third kappa shape index (κ3) is 4.20. The lowest BCUT2D eigenvalue weighted by atomic mass is 10.3. The first-order chi connectivity index (χ1) is 17.1. The summed E-state index contributed by atoms with van der Waals surface area (Å²) in [6, 6.07) is 22.3. The summed E-state index contributed by atoms with van der Waals surface area (Å²) < 4.78 is 21.6. The number of nitrogens with two attached hydrogens (primary N) is 1. The number of hydrogen-bond acceptors (Lipinski definition) is 8. The van der Waals surface area contributed by atoms with E-state index in [0.717, 1.165) is 21.3 Å². The summed E-state index contributed by atoms with van der Waals surface area (Å²) in [6.45, 7) is 0. The summed E-state index contributed by atoms with van der Waals surface area (Å²) in [5.74, 6) is 1.34. The summed E-state index contributed by atoms with van der Waals surface area (Å²) in [5.41, 5.74) is 8.68. The molecule has 0 fully saturated rings. The molecule has 0 saturated carbocycles. The zero-order chi connectivity index (χ0) is 23.8. The van der Waals surface area contributed by atoms with Crippen molar-refractivity contribution in [1.29, 1.82) is 0 Å². The number of nitrogens with zero attached hydrogens (tertiary/aromatic N) is 4. The van der Waals surface area contributed by atoms with E-state index in [0.29, 0.717) is 33.8 Å². The van der Waals surface area contributed by atoms with E-state index in [4.69, 9.17) is 10.5 Å². The van der Waals surface area contributed by atoms with Crippen molar-refractivity contribution in [2.75, 3.05) is 11.1 Å². The van der Waals surface area contributed by atoms with Gasteiger partial charge in [-0.05, 0) is 53.9 Å². The largest absolute Gasteiger partial charge is 0.436 e. The second-order valence-corrected chi connectivity index (χ2v) is 9.91. The van der Waals surface area contributed by atoms with Gasteiger partial charge in [-0.3, -0.25) is 0 Å². The number of thiophene rings is 1. The maximum absolute atomic E-state index is 13.0. The van der Waals surface area contributed by atoms with E-state index in [1.807, 2.05) is 78.2 Å². The molecule has 0 amide bonds. The van der Waals surface area contributed by atoms with Crippen LogP contribution in [0.5, 0.6) is 11.6 Å². The molecule has 6 aromatic rings. The molecule has 0 radical (unpaired) electrons. The van der Waals surface area contributed by atoms with Crippen molar-refractivity contribution in [3.05, 3.63) is 90.6 Å². The highest BCUT2D eigenvalue weighted by atomic mass is 32.2. The highest BCUT2D eigenvalue weighted by Gasteiger charge is 2.15. The van der Waals surface area contributed by atoms with Crippen LogP contribution >= 0.6 is 11.3 Å². The van der Waals surface area contributed by atoms with Crippen LogP contribution in [0.25, 0.3) is 21.3 Å². The van der Waals surface area contributed by atoms with Gasteiger partial charge in [-0.25, -0.2) is 18.1 Å². The Morgan fingerprint density at radius 1 is 1.00 bits per heavy atom. The Balaban J connectivity index is 1.32. The van der Waals surface area contributed by atoms with Crippen molar-refractivity contribution in [3.63, 3.8) is 0 Å². The number of nitrogen functional groups attached to an aromatic ring is 1. The van der Waals surface area contributed by atoms with Gasteiger partial charge in [0.05, 0.1) is 16.6 Å². The molecule has 1 atom stereocenters. The first-order valence-electron chi connectivity index (χ1n) is 10.6. The number of hydrogen-bond donors (Lipinski definition) is 2. The normalized spacial score (nSPS) is 12.1. The Kier molecular flexibility index (Phi) is 5.36. The number of ether oxygens (including phenoxy) is 1. The second kappa shape index (κ2) is 8.82. The number of aromatic nitrogens is 4. The van der Waals surface area contributed by atoms with Gasteiger partial charge in [0, 0.05) is 23.0 Å². The van der Waals surface area contributed by atoms with Gasteiger partial charge in [-0.1, -0.05) is 24.3 Å². The minimum atomic E-state index is -1.40. The summed E-state index contributed by atoms with van der Waals surface area (Å²) in [5, 5.41) is 5.93. The van der Waals surface area contributed by atoms with Crippen LogP contribution < -0.4 is 15.8 Å². The monoisotopic (exact) mass is 498 g/mol. The van der Waals surface area contributed by atoms with Gasteiger partial charge in [0.1, 0.15) is 10.4 Å². The Morgan fingerprint density at radius 3 is 2.74 bits per heavy atom. The lowest BCUT2D eigenvalue weighted by Gasteiger charge is -2.10. The smallest absolute Gasteiger partial charge is 0.242 e. The van der Waals surface area contributed by atoms with E-state index < -0.39 is 11.0 Å². The molecular weight excluding hydrogens is 480 g/mol. The number of nitrogens with one attached hydrogen (secondary N) is 1. The van der Waals surface area contributed by atoms with Crippen LogP contribution in [0.4, 0.5) is 17.3 Å². The minimum absolute atomic E-state index is 0.398. The molecule has 0 spiro atoms. The van der Waals surface area contributed by atoms with Crippen molar-refractivity contribution < 1.29 is 8.95 Å². The topological polar surface area (TPSA) is 108 Å². The van der Waals surface area contributed by atoms with Crippen LogP contribution in [0.1, 0.15) is 0 Å². The van der Waals surface area contributed by atoms with Crippen molar-refractivity contribution >= 4 is 60.9 Å². The molecule has 0 saturated heterocycles. The van der Waals surface area contributed by atoms with Gasteiger partial charge in [-0.2, -0.15) is 4.98 Å². The van der Waals surface area contributed by atoms with Gasteiger partial charge in [-0.15, -0.1) is 11.3 Å². The molecule has 2 aromatic carbocycles. The fraction of sp³-hybridized carbons (Fsp3) is 0. The first kappa shape index (κ1) is 21.3. The molecule has 6 rings (SSSR count). The number of fused-ring (bicyclic) bond motifs is 2. The van der Waals surface area contributed by atoms with Crippen LogP contribution in [0.15, 0.2) is 95.5 Å². The molecule has 1 unspecified atom stereocenters. The summed E-state index contributed by atoms with van der Waals surface area (Å²) >= 11 is 1.50. The number of benzene rings is 2. The zero-order valence-electron chi connectivity index (χ0n) is 18.2. The molecule has 0 aliphatic rings. The fourth-order valence-corrected chi connectivity index (χ4v) is 5.49. The Hall–Kier alpha value is -4.28. The van der Waals surface area contributed by atoms with Crippen LogP contribution in [-0.2, 0) is 11.0 Å². The number of anilines is 3. The average molecular weight is 499 g/mol. The molecular formula is C25H18N6O2S2. The zero-order valence-corrected chi connectivity index (χ0v) is 19.8. The van der Waals surface area contributed by atoms with Gasteiger partial charge in [0.15, 0.2) is 16.6 Å². The number of rotatable bonds is 6. The van der Waals surface area contributed by atoms with Gasteiger partial charge >= 0.3 is 0 Å². The Bertz CT molecular complexity index is 1700. The van der Waals surface area contributed by atoms with Crippen molar-refractivity contribution in [2.24, 2.45) is 0 Å². The molecule has 0 aliphatic heterocycles. The lowest BCUT2D eigenvalue weighted by Crippen LogP contribution is -2.04. The van der Waals surface area contributed by atoms with Crippen molar-refractivity contribution in [1.82, 2.24) is 18.9 Å². The molecule has 4 heterocycles. The quantitative estimate of drug-likeness (QED) is 0.282. The Morgan fingerprint density at radius 2 is 1.89 bits per heavy atom. The summed E-state index contributed by atoms with van der Waals surface area (Å²) in [7, 11) is -1.40. The van der Waals surface area contributed by atoms with Gasteiger partial charge in [0.25, 0.3) is 0 Å². The second-order valence-electron chi connectivity index (χ2n) is 7.63. The average Bonchev–Trinajstić information content (AvgIpc) is 3.51. The highest BCUT2D eigenvalue weighted by Crippen LogP contribution is 2.34. The minimum Gasteiger partial charge on any atom is -0.436 e. The third-order valence-corrected chi connectivity index (χ3v) is 7.44. The van der Waals surface area contributed by atoms with E-state index in [1.54, 1.807) is 16.4 Å². The predicted octanol–water partition coefficient (Wildman–Crippen LogP) is 5.73. The molecule has 172 valence electrons. The molecule has 0 bridgehead atoms. The van der Waals surface area contributed by atoms with Gasteiger partial charge < -0.3 is 15.8 Å². The Labute approximate surface area is 206 Å². The van der Waals surface area contributed by atoms with E-state index in [-0.39, 0.29) is 0 Å². The molecule has 3 N–H and O–H groups in total. The molecule has 35 heavy (non-hydrogen) atoms.